The van der Waals surface area contributed by atoms with E-state index in [-0.39, 0.29) is 0 Å². The van der Waals surface area contributed by atoms with E-state index >= 15 is 0 Å². The smallest absolute Gasteiger partial charge is 0.171 e. The minimum Gasteiger partial charge on any atom is -0.336 e. The molecule has 0 atom stereocenters. The molecular formula is C14H11ClN4. The molecule has 3 rings (SSSR count). The Labute approximate surface area is 115 Å². The summed E-state index contributed by atoms with van der Waals surface area (Å²) in [5.74, 6) is 0.528. The Kier molecular flexibility index (Phi) is 3.01. The molecule has 0 aliphatic carbocycles. The third kappa shape index (κ3) is 2.35. The molecule has 0 aliphatic heterocycles. The molecule has 0 saturated heterocycles. The van der Waals surface area contributed by atoms with Gasteiger partial charge in [-0.3, -0.25) is 4.98 Å². The van der Waals surface area contributed by atoms with Gasteiger partial charge in [-0.2, -0.15) is 0 Å². The van der Waals surface area contributed by atoms with Crippen LogP contribution in [0.1, 0.15) is 5.69 Å². The first kappa shape index (κ1) is 11.9. The lowest BCUT2D eigenvalue weighted by Gasteiger charge is -2.09. The van der Waals surface area contributed by atoms with Crippen LogP contribution < -0.4 is 5.32 Å². The summed E-state index contributed by atoms with van der Waals surface area (Å²) in [6, 6.07) is 9.96. The van der Waals surface area contributed by atoms with Crippen LogP contribution in [0.4, 0.5) is 11.5 Å². The number of fused-ring (bicyclic) bond motifs is 1. The number of rotatable bonds is 2. The Bertz CT molecular complexity index is 742. The van der Waals surface area contributed by atoms with Gasteiger partial charge < -0.3 is 5.32 Å². The van der Waals surface area contributed by atoms with Gasteiger partial charge in [-0.05, 0) is 19.1 Å². The van der Waals surface area contributed by atoms with Gasteiger partial charge in [0.05, 0.1) is 11.2 Å². The van der Waals surface area contributed by atoms with Crippen molar-refractivity contribution in [3.05, 3.63) is 53.6 Å². The van der Waals surface area contributed by atoms with Crippen molar-refractivity contribution < 1.29 is 0 Å². The topological polar surface area (TPSA) is 50.7 Å². The molecule has 0 saturated carbocycles. The first-order valence-electron chi connectivity index (χ1n) is 5.84. The third-order valence-electron chi connectivity index (χ3n) is 2.77. The number of nitrogens with zero attached hydrogens (tertiary/aromatic N) is 3. The summed E-state index contributed by atoms with van der Waals surface area (Å²) in [5.41, 5.74) is 2.72. The Balaban J connectivity index is 2.10. The summed E-state index contributed by atoms with van der Waals surface area (Å²) < 4.78 is 0. The lowest BCUT2D eigenvalue weighted by Crippen LogP contribution is -1.97. The minimum atomic E-state index is 0.340. The largest absolute Gasteiger partial charge is 0.336 e. The number of benzene rings is 1. The molecule has 0 amide bonds. The lowest BCUT2D eigenvalue weighted by molar-refractivity contribution is 1.20. The molecule has 94 valence electrons. The minimum absolute atomic E-state index is 0.340. The molecule has 0 spiro atoms. The van der Waals surface area contributed by atoms with Crippen LogP contribution in [0, 0.1) is 6.92 Å². The zero-order valence-electron chi connectivity index (χ0n) is 10.3. The highest BCUT2D eigenvalue weighted by Gasteiger charge is 2.06. The van der Waals surface area contributed by atoms with Gasteiger partial charge in [0.15, 0.2) is 11.0 Å². The number of halogens is 1. The van der Waals surface area contributed by atoms with Crippen molar-refractivity contribution in [1.82, 2.24) is 15.0 Å². The molecule has 4 nitrogen and oxygen atoms in total. The van der Waals surface area contributed by atoms with Crippen molar-refractivity contribution in [2.45, 2.75) is 6.92 Å². The quantitative estimate of drug-likeness (QED) is 0.771. The van der Waals surface area contributed by atoms with E-state index in [0.717, 1.165) is 22.3 Å². The number of aromatic nitrogens is 3. The summed E-state index contributed by atoms with van der Waals surface area (Å²) >= 11 is 6.00. The lowest BCUT2D eigenvalue weighted by atomic mass is 10.2. The van der Waals surface area contributed by atoms with Crippen molar-refractivity contribution in [2.24, 2.45) is 0 Å². The van der Waals surface area contributed by atoms with Crippen molar-refractivity contribution in [1.29, 1.82) is 0 Å². The van der Waals surface area contributed by atoms with Crippen molar-refractivity contribution in [3.63, 3.8) is 0 Å². The predicted octanol–water partition coefficient (Wildman–Crippen LogP) is 3.73. The molecule has 2 aromatic heterocycles. The number of para-hydroxylation sites is 1. The van der Waals surface area contributed by atoms with E-state index in [9.17, 15) is 0 Å². The van der Waals surface area contributed by atoms with E-state index in [1.807, 2.05) is 37.3 Å². The molecule has 0 bridgehead atoms. The molecular weight excluding hydrogens is 260 g/mol. The van der Waals surface area contributed by atoms with Crippen LogP contribution in [0.15, 0.2) is 42.7 Å². The molecule has 0 unspecified atom stereocenters. The molecule has 19 heavy (non-hydrogen) atoms. The van der Waals surface area contributed by atoms with Gasteiger partial charge >= 0.3 is 0 Å². The average Bonchev–Trinajstić information content (AvgIpc) is 2.42. The summed E-state index contributed by atoms with van der Waals surface area (Å²) in [4.78, 5) is 12.7. The van der Waals surface area contributed by atoms with Crippen molar-refractivity contribution in [2.75, 3.05) is 5.32 Å². The van der Waals surface area contributed by atoms with Crippen LogP contribution in [0.2, 0.25) is 5.15 Å². The SMILES string of the molecule is Cc1ccc2cccc(Nc3nccnc3Cl)c2n1. The molecule has 1 aromatic carbocycles. The Morgan fingerprint density at radius 2 is 1.89 bits per heavy atom. The second-order valence-corrected chi connectivity index (χ2v) is 4.51. The zero-order valence-corrected chi connectivity index (χ0v) is 11.0. The number of hydrogen-bond donors (Lipinski definition) is 1. The number of hydrogen-bond acceptors (Lipinski definition) is 4. The number of nitrogens with one attached hydrogen (secondary N) is 1. The molecule has 0 radical (unpaired) electrons. The fraction of sp³-hybridized carbons (Fsp3) is 0.0714. The van der Waals surface area contributed by atoms with Gasteiger partial charge in [0.2, 0.25) is 0 Å². The highest BCUT2D eigenvalue weighted by Crippen LogP contribution is 2.26. The number of aryl methyl sites for hydroxylation is 1. The van der Waals surface area contributed by atoms with Gasteiger partial charge in [0, 0.05) is 23.5 Å². The van der Waals surface area contributed by atoms with Gasteiger partial charge in [0.25, 0.3) is 0 Å². The highest BCUT2D eigenvalue weighted by atomic mass is 35.5. The fourth-order valence-corrected chi connectivity index (χ4v) is 2.03. The molecule has 3 aromatic rings. The van der Waals surface area contributed by atoms with E-state index in [1.54, 1.807) is 12.4 Å². The maximum absolute atomic E-state index is 6.00. The molecule has 1 N–H and O–H groups in total. The summed E-state index contributed by atoms with van der Waals surface area (Å²) in [6.45, 7) is 1.96. The van der Waals surface area contributed by atoms with Gasteiger partial charge in [-0.15, -0.1) is 0 Å². The molecule has 5 heteroatoms. The van der Waals surface area contributed by atoms with E-state index < -0.39 is 0 Å². The van der Waals surface area contributed by atoms with Crippen LogP contribution in [-0.2, 0) is 0 Å². The van der Waals surface area contributed by atoms with E-state index in [0.29, 0.717) is 11.0 Å². The Morgan fingerprint density at radius 3 is 2.74 bits per heavy atom. The van der Waals surface area contributed by atoms with Gasteiger partial charge in [0.1, 0.15) is 0 Å². The normalized spacial score (nSPS) is 10.6. The van der Waals surface area contributed by atoms with Crippen LogP contribution in [0.25, 0.3) is 10.9 Å². The molecule has 0 fully saturated rings. The monoisotopic (exact) mass is 270 g/mol. The van der Waals surface area contributed by atoms with Crippen LogP contribution in [0.3, 0.4) is 0 Å². The van der Waals surface area contributed by atoms with Gasteiger partial charge in [-0.25, -0.2) is 9.97 Å². The van der Waals surface area contributed by atoms with E-state index in [4.69, 9.17) is 11.6 Å². The fourth-order valence-electron chi connectivity index (χ4n) is 1.88. The highest BCUT2D eigenvalue weighted by molar-refractivity contribution is 6.31. The predicted molar refractivity (Wildman–Crippen MR) is 76.8 cm³/mol. The first-order valence-corrected chi connectivity index (χ1v) is 6.22. The molecule has 2 heterocycles. The summed E-state index contributed by atoms with van der Waals surface area (Å²) in [6.07, 6.45) is 3.15. The second kappa shape index (κ2) is 4.82. The van der Waals surface area contributed by atoms with Gasteiger partial charge in [-0.1, -0.05) is 29.8 Å². The van der Waals surface area contributed by atoms with Crippen LogP contribution in [-0.4, -0.2) is 15.0 Å². The summed E-state index contributed by atoms with van der Waals surface area (Å²) in [5, 5.41) is 4.58. The second-order valence-electron chi connectivity index (χ2n) is 4.15. The maximum atomic E-state index is 6.00. The summed E-state index contributed by atoms with van der Waals surface area (Å²) in [7, 11) is 0. The Hall–Kier alpha value is -2.20. The van der Waals surface area contributed by atoms with E-state index in [1.165, 1.54) is 0 Å². The van der Waals surface area contributed by atoms with Crippen molar-refractivity contribution >= 4 is 34.0 Å². The van der Waals surface area contributed by atoms with Crippen LogP contribution in [0.5, 0.6) is 0 Å². The molecule has 0 aliphatic rings. The standard InChI is InChI=1S/C14H11ClN4/c1-9-5-6-10-3-2-4-11(12(10)18-9)19-14-13(15)16-7-8-17-14/h2-8H,1H3,(H,17,19). The van der Waals surface area contributed by atoms with E-state index in [2.05, 4.69) is 20.3 Å². The third-order valence-corrected chi connectivity index (χ3v) is 3.04. The first-order chi connectivity index (χ1) is 9.24. The number of pyridine rings is 1. The van der Waals surface area contributed by atoms with Crippen molar-refractivity contribution in [3.8, 4) is 0 Å². The van der Waals surface area contributed by atoms with Crippen LogP contribution >= 0.6 is 11.6 Å². The zero-order chi connectivity index (χ0) is 13.2. The number of anilines is 2. The maximum Gasteiger partial charge on any atom is 0.171 e. The average molecular weight is 271 g/mol. The Morgan fingerprint density at radius 1 is 1.05 bits per heavy atom.